The van der Waals surface area contributed by atoms with Crippen molar-refractivity contribution in [2.75, 3.05) is 14.2 Å². The van der Waals surface area contributed by atoms with Crippen LogP contribution in [0.25, 0.3) is 12.2 Å². The van der Waals surface area contributed by atoms with Crippen molar-refractivity contribution in [1.29, 1.82) is 0 Å². The van der Waals surface area contributed by atoms with Crippen LogP contribution in [0.5, 0.6) is 11.5 Å². The van der Waals surface area contributed by atoms with E-state index in [0.29, 0.717) is 11.5 Å². The van der Waals surface area contributed by atoms with Gasteiger partial charge in [-0.15, -0.1) is 0 Å². The molecule has 0 aliphatic heterocycles. The van der Waals surface area contributed by atoms with Gasteiger partial charge in [0.2, 0.25) is 0 Å². The second kappa shape index (κ2) is 9.22. The van der Waals surface area contributed by atoms with Crippen LogP contribution in [-0.4, -0.2) is 31.1 Å². The molecule has 1 aromatic heterocycles. The van der Waals surface area contributed by atoms with Gasteiger partial charge in [0, 0.05) is 6.20 Å². The second-order valence-corrected chi connectivity index (χ2v) is 5.05. The Labute approximate surface area is 146 Å². The van der Waals surface area contributed by atoms with Gasteiger partial charge in [0.1, 0.15) is 0 Å². The summed E-state index contributed by atoms with van der Waals surface area (Å²) in [6.45, 7) is 0. The van der Waals surface area contributed by atoms with E-state index in [9.17, 15) is 9.59 Å². The zero-order valence-corrected chi connectivity index (χ0v) is 14.1. The van der Waals surface area contributed by atoms with Crippen LogP contribution in [0.4, 0.5) is 0 Å². The number of carbonyl (C=O) groups excluding carboxylic acids is 2. The number of hydrogen-bond acceptors (Lipinski definition) is 6. The highest BCUT2D eigenvalue weighted by Gasteiger charge is 2.12. The first-order valence-corrected chi connectivity index (χ1v) is 7.67. The highest BCUT2D eigenvalue weighted by Crippen LogP contribution is 2.29. The quantitative estimate of drug-likeness (QED) is 0.569. The van der Waals surface area contributed by atoms with Crippen LogP contribution < -0.4 is 9.47 Å². The lowest BCUT2D eigenvalue weighted by molar-refractivity contribution is -0.144. The Balaban J connectivity index is 2.04. The van der Waals surface area contributed by atoms with E-state index in [0.717, 1.165) is 11.3 Å². The number of ether oxygens (including phenoxy) is 3. The monoisotopic (exact) mass is 341 g/mol. The second-order valence-electron chi connectivity index (χ2n) is 5.05. The fourth-order valence-corrected chi connectivity index (χ4v) is 2.01. The SMILES string of the molecule is COC(=O)CCC(=O)Oc1ccc(/C=C/c2ccccn2)cc1OC. The van der Waals surface area contributed by atoms with Crippen LogP contribution >= 0.6 is 0 Å². The maximum atomic E-state index is 11.8. The van der Waals surface area contributed by atoms with Crippen molar-refractivity contribution < 1.29 is 23.8 Å². The molecule has 0 saturated carbocycles. The summed E-state index contributed by atoms with van der Waals surface area (Å²) in [7, 11) is 2.77. The van der Waals surface area contributed by atoms with E-state index < -0.39 is 11.9 Å². The summed E-state index contributed by atoms with van der Waals surface area (Å²) >= 11 is 0. The molecular weight excluding hydrogens is 322 g/mol. The van der Waals surface area contributed by atoms with Crippen LogP contribution in [0.2, 0.25) is 0 Å². The average molecular weight is 341 g/mol. The molecule has 0 aliphatic rings. The number of rotatable bonds is 7. The summed E-state index contributed by atoms with van der Waals surface area (Å²) in [4.78, 5) is 27.1. The lowest BCUT2D eigenvalue weighted by Gasteiger charge is -2.09. The van der Waals surface area contributed by atoms with Gasteiger partial charge in [0.05, 0.1) is 32.8 Å². The summed E-state index contributed by atoms with van der Waals surface area (Å²) in [5.74, 6) is -0.263. The van der Waals surface area contributed by atoms with E-state index >= 15 is 0 Å². The highest BCUT2D eigenvalue weighted by atomic mass is 16.6. The van der Waals surface area contributed by atoms with Gasteiger partial charge in [0.25, 0.3) is 0 Å². The first-order chi connectivity index (χ1) is 12.1. The third-order valence-electron chi connectivity index (χ3n) is 3.31. The van der Waals surface area contributed by atoms with Crippen LogP contribution in [-0.2, 0) is 14.3 Å². The third kappa shape index (κ3) is 5.76. The smallest absolute Gasteiger partial charge is 0.311 e. The number of pyridine rings is 1. The minimum Gasteiger partial charge on any atom is -0.493 e. The molecule has 0 spiro atoms. The molecule has 2 rings (SSSR count). The maximum Gasteiger partial charge on any atom is 0.311 e. The summed E-state index contributed by atoms with van der Waals surface area (Å²) in [5.41, 5.74) is 1.71. The first kappa shape index (κ1) is 18.2. The van der Waals surface area contributed by atoms with E-state index in [1.54, 1.807) is 24.4 Å². The molecule has 0 unspecified atom stereocenters. The molecule has 0 atom stereocenters. The molecule has 0 amide bonds. The molecule has 6 nitrogen and oxygen atoms in total. The Morgan fingerprint density at radius 1 is 1.00 bits per heavy atom. The van der Waals surface area contributed by atoms with Gasteiger partial charge in [0.15, 0.2) is 11.5 Å². The number of methoxy groups -OCH3 is 2. The standard InChI is InChI=1S/C19H19NO5/c1-23-17-13-14(6-8-15-5-3-4-12-20-15)7-9-16(17)25-19(22)11-10-18(21)24-2/h3-9,12-13H,10-11H2,1-2H3/b8-6+. The van der Waals surface area contributed by atoms with Crippen molar-refractivity contribution in [3.63, 3.8) is 0 Å². The van der Waals surface area contributed by atoms with Crippen LogP contribution in [0.1, 0.15) is 24.1 Å². The average Bonchev–Trinajstić information content (AvgIpc) is 2.66. The minimum atomic E-state index is -0.527. The fraction of sp³-hybridized carbons (Fsp3) is 0.211. The maximum absolute atomic E-state index is 11.8. The molecule has 6 heteroatoms. The van der Waals surface area contributed by atoms with Gasteiger partial charge in [-0.05, 0) is 35.9 Å². The molecule has 0 fully saturated rings. The Bertz CT molecular complexity index is 756. The van der Waals surface area contributed by atoms with Crippen molar-refractivity contribution in [3.8, 4) is 11.5 Å². The lowest BCUT2D eigenvalue weighted by Crippen LogP contribution is -2.11. The van der Waals surface area contributed by atoms with Crippen molar-refractivity contribution in [3.05, 3.63) is 53.9 Å². The number of benzene rings is 1. The van der Waals surface area contributed by atoms with Crippen molar-refractivity contribution in [2.45, 2.75) is 12.8 Å². The van der Waals surface area contributed by atoms with Gasteiger partial charge in [-0.1, -0.05) is 18.2 Å². The Morgan fingerprint density at radius 3 is 2.48 bits per heavy atom. The third-order valence-corrected chi connectivity index (χ3v) is 3.31. The Hall–Kier alpha value is -3.15. The predicted molar refractivity (Wildman–Crippen MR) is 93.0 cm³/mol. The molecule has 0 bridgehead atoms. The van der Waals surface area contributed by atoms with E-state index in [1.807, 2.05) is 30.4 Å². The molecule has 1 aromatic carbocycles. The highest BCUT2D eigenvalue weighted by molar-refractivity contribution is 5.79. The molecule has 130 valence electrons. The zero-order chi connectivity index (χ0) is 18.1. The van der Waals surface area contributed by atoms with E-state index in [1.165, 1.54) is 14.2 Å². The number of hydrogen-bond donors (Lipinski definition) is 0. The van der Waals surface area contributed by atoms with Crippen molar-refractivity contribution in [2.24, 2.45) is 0 Å². The number of aromatic nitrogens is 1. The summed E-state index contributed by atoms with van der Waals surface area (Å²) in [6.07, 6.45) is 5.39. The van der Waals surface area contributed by atoms with Gasteiger partial charge in [-0.25, -0.2) is 0 Å². The van der Waals surface area contributed by atoms with Gasteiger partial charge in [-0.2, -0.15) is 0 Å². The first-order valence-electron chi connectivity index (χ1n) is 7.67. The summed E-state index contributed by atoms with van der Waals surface area (Å²) in [5, 5.41) is 0. The molecular formula is C19H19NO5. The number of carbonyl (C=O) groups is 2. The predicted octanol–water partition coefficient (Wildman–Crippen LogP) is 3.12. The molecule has 0 radical (unpaired) electrons. The van der Waals surface area contributed by atoms with Crippen LogP contribution in [0.3, 0.4) is 0 Å². The van der Waals surface area contributed by atoms with Crippen LogP contribution in [0.15, 0.2) is 42.6 Å². The van der Waals surface area contributed by atoms with Crippen molar-refractivity contribution >= 4 is 24.1 Å². The number of esters is 2. The minimum absolute atomic E-state index is 0.0253. The lowest BCUT2D eigenvalue weighted by atomic mass is 10.1. The van der Waals surface area contributed by atoms with E-state index in [-0.39, 0.29) is 12.8 Å². The van der Waals surface area contributed by atoms with E-state index in [4.69, 9.17) is 9.47 Å². The van der Waals surface area contributed by atoms with E-state index in [2.05, 4.69) is 9.72 Å². The molecule has 0 N–H and O–H groups in total. The Kier molecular flexibility index (Phi) is 6.71. The van der Waals surface area contributed by atoms with Crippen LogP contribution in [0, 0.1) is 0 Å². The Morgan fingerprint density at radius 2 is 1.80 bits per heavy atom. The summed E-state index contributed by atoms with van der Waals surface area (Å²) < 4.78 is 15.0. The number of nitrogens with zero attached hydrogens (tertiary/aromatic N) is 1. The van der Waals surface area contributed by atoms with Gasteiger partial charge >= 0.3 is 11.9 Å². The molecule has 0 aliphatic carbocycles. The fourth-order valence-electron chi connectivity index (χ4n) is 2.01. The normalized spacial score (nSPS) is 10.5. The molecule has 1 heterocycles. The molecule has 2 aromatic rings. The van der Waals surface area contributed by atoms with Crippen molar-refractivity contribution in [1.82, 2.24) is 4.98 Å². The molecule has 25 heavy (non-hydrogen) atoms. The largest absolute Gasteiger partial charge is 0.493 e. The molecule has 0 saturated heterocycles. The summed E-state index contributed by atoms with van der Waals surface area (Å²) in [6, 6.07) is 10.8. The van der Waals surface area contributed by atoms with Gasteiger partial charge < -0.3 is 14.2 Å². The zero-order valence-electron chi connectivity index (χ0n) is 14.1. The van der Waals surface area contributed by atoms with Gasteiger partial charge in [-0.3, -0.25) is 14.6 Å². The topological polar surface area (TPSA) is 74.7 Å².